The number of ether oxygens (including phenoxy) is 1. The summed E-state index contributed by atoms with van der Waals surface area (Å²) in [5.41, 5.74) is 2.16. The summed E-state index contributed by atoms with van der Waals surface area (Å²) in [6, 6.07) is 8.27. The Kier molecular flexibility index (Phi) is 4.02. The number of imide groups is 1. The maximum Gasteiger partial charge on any atom is 0.324 e. The van der Waals surface area contributed by atoms with E-state index in [4.69, 9.17) is 9.26 Å². The Balaban J connectivity index is 1.61. The van der Waals surface area contributed by atoms with Gasteiger partial charge in [0.2, 0.25) is 11.8 Å². The molecule has 3 heterocycles. The van der Waals surface area contributed by atoms with Gasteiger partial charge in [0.15, 0.2) is 5.58 Å². The second-order valence-corrected chi connectivity index (χ2v) is 6.57. The highest BCUT2D eigenvalue weighted by Crippen LogP contribution is 2.34. The molecule has 4 rings (SSSR count). The average molecular weight is 366 g/mol. The van der Waals surface area contributed by atoms with Crippen LogP contribution in [0.1, 0.15) is 24.2 Å². The molecule has 27 heavy (non-hydrogen) atoms. The molecule has 0 aliphatic carbocycles. The molecule has 1 saturated heterocycles. The van der Waals surface area contributed by atoms with E-state index in [1.807, 2.05) is 19.1 Å². The fourth-order valence-electron chi connectivity index (χ4n) is 3.35. The lowest BCUT2D eigenvalue weighted by atomic mass is 9.91. The Morgan fingerprint density at radius 3 is 2.67 bits per heavy atom. The maximum absolute atomic E-state index is 12.0. The molecule has 1 N–H and O–H groups in total. The summed E-state index contributed by atoms with van der Waals surface area (Å²) in [5, 5.41) is 7.00. The van der Waals surface area contributed by atoms with Crippen LogP contribution in [-0.2, 0) is 4.79 Å². The van der Waals surface area contributed by atoms with Crippen LogP contribution in [0.2, 0.25) is 0 Å². The van der Waals surface area contributed by atoms with E-state index < -0.39 is 6.03 Å². The van der Waals surface area contributed by atoms with Crippen molar-refractivity contribution in [3.8, 4) is 11.6 Å². The molecule has 1 aliphatic heterocycles. The third kappa shape index (κ3) is 2.88. The summed E-state index contributed by atoms with van der Waals surface area (Å²) in [5.74, 6) is 0.370. The Labute approximate surface area is 155 Å². The van der Waals surface area contributed by atoms with E-state index in [1.165, 1.54) is 4.90 Å². The van der Waals surface area contributed by atoms with E-state index >= 15 is 0 Å². The SMILES string of the molecule is Cc1noc2ccnc(Oc3ccc(C4C(C)C(=O)NC(=O)N4C)cc3)c12. The number of amides is 3. The van der Waals surface area contributed by atoms with Gasteiger partial charge in [-0.05, 0) is 24.6 Å². The highest BCUT2D eigenvalue weighted by atomic mass is 16.5. The number of urea groups is 1. The zero-order valence-corrected chi connectivity index (χ0v) is 15.1. The van der Waals surface area contributed by atoms with Crippen LogP contribution in [-0.4, -0.2) is 34.0 Å². The molecular formula is C19H18N4O4. The summed E-state index contributed by atoms with van der Waals surface area (Å²) in [6.07, 6.45) is 1.60. The quantitative estimate of drug-likeness (QED) is 0.764. The molecule has 138 valence electrons. The highest BCUT2D eigenvalue weighted by molar-refractivity contribution is 5.98. The number of aryl methyl sites for hydroxylation is 1. The van der Waals surface area contributed by atoms with E-state index in [0.717, 1.165) is 10.9 Å². The molecule has 0 saturated carbocycles. The second-order valence-electron chi connectivity index (χ2n) is 6.57. The predicted molar refractivity (Wildman–Crippen MR) is 96.3 cm³/mol. The van der Waals surface area contributed by atoms with Crippen LogP contribution < -0.4 is 10.1 Å². The molecular weight excluding hydrogens is 348 g/mol. The number of benzene rings is 1. The number of nitrogens with one attached hydrogen (secondary N) is 1. The van der Waals surface area contributed by atoms with Gasteiger partial charge in [-0.25, -0.2) is 9.78 Å². The van der Waals surface area contributed by atoms with E-state index in [0.29, 0.717) is 22.9 Å². The highest BCUT2D eigenvalue weighted by Gasteiger charge is 2.37. The Morgan fingerprint density at radius 1 is 1.19 bits per heavy atom. The molecule has 1 aromatic carbocycles. The molecule has 3 amide bonds. The zero-order valence-electron chi connectivity index (χ0n) is 15.1. The standard InChI is InChI=1S/C19H18N4O4/c1-10-16(23(3)19(25)21-17(10)24)12-4-6-13(7-5-12)26-18-15-11(2)22-27-14(15)8-9-20-18/h4-10,16H,1-3H3,(H,21,24,25). The normalized spacial score (nSPS) is 20.0. The molecule has 2 aromatic heterocycles. The summed E-state index contributed by atoms with van der Waals surface area (Å²) >= 11 is 0. The van der Waals surface area contributed by atoms with E-state index in [1.54, 1.807) is 38.4 Å². The average Bonchev–Trinajstić information content (AvgIpc) is 3.04. The summed E-state index contributed by atoms with van der Waals surface area (Å²) in [6.45, 7) is 3.62. The number of carbonyl (C=O) groups excluding carboxylic acids is 2. The van der Waals surface area contributed by atoms with Crippen LogP contribution in [0.4, 0.5) is 4.79 Å². The van der Waals surface area contributed by atoms with Crippen LogP contribution in [0, 0.1) is 12.8 Å². The van der Waals surface area contributed by atoms with Gasteiger partial charge in [-0.3, -0.25) is 10.1 Å². The number of carbonyl (C=O) groups is 2. The third-order valence-corrected chi connectivity index (χ3v) is 4.81. The van der Waals surface area contributed by atoms with Crippen LogP contribution in [0.3, 0.4) is 0 Å². The second kappa shape index (κ2) is 6.39. The Hall–Kier alpha value is -3.42. The van der Waals surface area contributed by atoms with Crippen molar-refractivity contribution in [3.63, 3.8) is 0 Å². The lowest BCUT2D eigenvalue weighted by molar-refractivity contribution is -0.127. The molecule has 1 fully saturated rings. The van der Waals surface area contributed by atoms with E-state index in [-0.39, 0.29) is 17.9 Å². The first-order valence-corrected chi connectivity index (χ1v) is 8.52. The largest absolute Gasteiger partial charge is 0.438 e. The first-order valence-electron chi connectivity index (χ1n) is 8.52. The van der Waals surface area contributed by atoms with Crippen molar-refractivity contribution in [1.82, 2.24) is 20.4 Å². The molecule has 0 spiro atoms. The van der Waals surface area contributed by atoms with Gasteiger partial charge in [0.25, 0.3) is 0 Å². The number of fused-ring (bicyclic) bond motifs is 1. The van der Waals surface area contributed by atoms with Crippen LogP contribution in [0.25, 0.3) is 11.0 Å². The van der Waals surface area contributed by atoms with E-state index in [2.05, 4.69) is 15.5 Å². The third-order valence-electron chi connectivity index (χ3n) is 4.81. The first-order chi connectivity index (χ1) is 13.0. The van der Waals surface area contributed by atoms with Crippen molar-refractivity contribution in [3.05, 3.63) is 47.8 Å². The lowest BCUT2D eigenvalue weighted by Gasteiger charge is -2.36. The number of hydrogen-bond donors (Lipinski definition) is 1. The smallest absolute Gasteiger partial charge is 0.324 e. The van der Waals surface area contributed by atoms with E-state index in [9.17, 15) is 9.59 Å². The molecule has 8 heteroatoms. The number of hydrogen-bond acceptors (Lipinski definition) is 6. The van der Waals surface area contributed by atoms with Crippen molar-refractivity contribution >= 4 is 22.9 Å². The van der Waals surface area contributed by atoms with Gasteiger partial charge in [-0.1, -0.05) is 24.2 Å². The monoisotopic (exact) mass is 366 g/mol. The number of aromatic nitrogens is 2. The van der Waals surface area contributed by atoms with Crippen LogP contribution in [0.5, 0.6) is 11.6 Å². The predicted octanol–water partition coefficient (Wildman–Crippen LogP) is 3.18. The fourth-order valence-corrected chi connectivity index (χ4v) is 3.35. The van der Waals surface area contributed by atoms with Gasteiger partial charge >= 0.3 is 6.03 Å². The van der Waals surface area contributed by atoms with Crippen molar-refractivity contribution in [2.45, 2.75) is 19.9 Å². The molecule has 8 nitrogen and oxygen atoms in total. The molecule has 2 atom stereocenters. The molecule has 0 radical (unpaired) electrons. The van der Waals surface area contributed by atoms with Crippen LogP contribution in [0.15, 0.2) is 41.1 Å². The van der Waals surface area contributed by atoms with Gasteiger partial charge < -0.3 is 14.2 Å². The fraction of sp³-hybridized carbons (Fsp3) is 0.263. The zero-order chi connectivity index (χ0) is 19.1. The van der Waals surface area contributed by atoms with Crippen LogP contribution >= 0.6 is 0 Å². The lowest BCUT2D eigenvalue weighted by Crippen LogP contribution is -2.53. The van der Waals surface area contributed by atoms with Gasteiger partial charge in [0.1, 0.15) is 11.1 Å². The Bertz CT molecular complexity index is 1010. The summed E-state index contributed by atoms with van der Waals surface area (Å²) < 4.78 is 11.1. The summed E-state index contributed by atoms with van der Waals surface area (Å²) in [7, 11) is 1.67. The van der Waals surface area contributed by atoms with Gasteiger partial charge in [-0.2, -0.15) is 0 Å². The molecule has 1 aliphatic rings. The molecule has 0 bridgehead atoms. The number of nitrogens with zero attached hydrogens (tertiary/aromatic N) is 3. The minimum atomic E-state index is -0.401. The maximum atomic E-state index is 12.0. The number of pyridine rings is 1. The topological polar surface area (TPSA) is 97.6 Å². The number of rotatable bonds is 3. The van der Waals surface area contributed by atoms with Crippen molar-refractivity contribution in [1.29, 1.82) is 0 Å². The van der Waals surface area contributed by atoms with Gasteiger partial charge in [-0.15, -0.1) is 0 Å². The van der Waals surface area contributed by atoms with Crippen molar-refractivity contribution < 1.29 is 18.8 Å². The van der Waals surface area contributed by atoms with Crippen molar-refractivity contribution in [2.24, 2.45) is 5.92 Å². The van der Waals surface area contributed by atoms with Gasteiger partial charge in [0, 0.05) is 19.3 Å². The Morgan fingerprint density at radius 2 is 1.93 bits per heavy atom. The summed E-state index contributed by atoms with van der Waals surface area (Å²) in [4.78, 5) is 29.7. The first kappa shape index (κ1) is 17.0. The molecule has 2 unspecified atom stereocenters. The minimum Gasteiger partial charge on any atom is -0.438 e. The minimum absolute atomic E-state index is 0.276. The molecule has 3 aromatic rings. The van der Waals surface area contributed by atoms with Crippen molar-refractivity contribution in [2.75, 3.05) is 7.05 Å². The van der Waals surface area contributed by atoms with Gasteiger partial charge in [0.05, 0.1) is 17.7 Å².